The standard InChI is InChI=1S/C23H40O5SeSi2/c1-15(2)30(16(3)4)25-14-20-22(27-31(28-30,17(5)6)18(7)8)21(24)23(26-20)29-19-12-10-9-11-13-19/h9-13,15-18,20-24H,14H2,1-8H3/t20-,21-,22-,23+/m1/s1. The molecular weight excluding hydrogens is 491 g/mol. The van der Waals surface area contributed by atoms with Gasteiger partial charge in [-0.2, -0.15) is 0 Å². The average molecular weight is 532 g/mol. The molecule has 0 aliphatic carbocycles. The van der Waals surface area contributed by atoms with Gasteiger partial charge < -0.3 is 0 Å². The van der Waals surface area contributed by atoms with Crippen molar-refractivity contribution in [1.29, 1.82) is 0 Å². The molecule has 5 nitrogen and oxygen atoms in total. The summed E-state index contributed by atoms with van der Waals surface area (Å²) in [6.07, 6.45) is -1.34. The molecule has 2 heterocycles. The third-order valence-electron chi connectivity index (χ3n) is 6.62. The zero-order valence-corrected chi connectivity index (χ0v) is 23.9. The fourth-order valence-electron chi connectivity index (χ4n) is 4.85. The molecule has 3 rings (SSSR count). The van der Waals surface area contributed by atoms with E-state index in [0.717, 1.165) is 0 Å². The molecular formula is C23H40O5SeSi2. The number of hydrogen-bond acceptors (Lipinski definition) is 5. The van der Waals surface area contributed by atoms with Gasteiger partial charge in [-0.1, -0.05) is 0 Å². The van der Waals surface area contributed by atoms with Crippen LogP contribution in [0.1, 0.15) is 55.4 Å². The van der Waals surface area contributed by atoms with E-state index in [4.69, 9.17) is 17.7 Å². The third-order valence-corrected chi connectivity index (χ3v) is 19.3. The minimum absolute atomic E-state index is 0.00353. The fraction of sp³-hybridized carbons (Fsp3) is 0.739. The Bertz CT molecular complexity index is 699. The number of fused-ring (bicyclic) bond motifs is 1. The Balaban J connectivity index is 1.97. The van der Waals surface area contributed by atoms with E-state index in [1.54, 1.807) is 0 Å². The van der Waals surface area contributed by atoms with Gasteiger partial charge in [-0.25, -0.2) is 0 Å². The van der Waals surface area contributed by atoms with Crippen LogP contribution >= 0.6 is 0 Å². The van der Waals surface area contributed by atoms with Crippen molar-refractivity contribution in [2.45, 2.75) is 101 Å². The fourth-order valence-corrected chi connectivity index (χ4v) is 18.3. The molecule has 0 amide bonds. The van der Waals surface area contributed by atoms with E-state index < -0.39 is 29.3 Å². The van der Waals surface area contributed by atoms with Crippen LogP contribution in [-0.4, -0.2) is 67.1 Å². The zero-order chi connectivity index (χ0) is 23.0. The predicted octanol–water partition coefficient (Wildman–Crippen LogP) is 4.06. The SMILES string of the molecule is CC(C)[Si]1(C(C)C)OC[C@H]2O[C@@H]([Se]c3ccccc3)[C@H](O)[C@@H]2O[Si](C(C)C)(C(C)C)O1. The molecule has 4 atom stereocenters. The van der Waals surface area contributed by atoms with Crippen molar-refractivity contribution in [3.05, 3.63) is 30.3 Å². The Morgan fingerprint density at radius 1 is 0.871 bits per heavy atom. The van der Waals surface area contributed by atoms with Gasteiger partial charge in [0, 0.05) is 0 Å². The molecule has 31 heavy (non-hydrogen) atoms. The molecule has 0 bridgehead atoms. The summed E-state index contributed by atoms with van der Waals surface area (Å²) < 4.78 is 28.6. The van der Waals surface area contributed by atoms with Crippen LogP contribution in [0.5, 0.6) is 0 Å². The molecule has 8 heteroatoms. The summed E-state index contributed by atoms with van der Waals surface area (Å²) in [6, 6.07) is 10.3. The van der Waals surface area contributed by atoms with E-state index in [1.165, 1.54) is 4.46 Å². The van der Waals surface area contributed by atoms with Gasteiger partial charge >= 0.3 is 197 Å². The molecule has 0 aromatic heterocycles. The Labute approximate surface area is 196 Å². The summed E-state index contributed by atoms with van der Waals surface area (Å²) in [4.78, 5) is 0. The topological polar surface area (TPSA) is 57.2 Å². The molecule has 2 aliphatic heterocycles. The van der Waals surface area contributed by atoms with Gasteiger partial charge in [0.1, 0.15) is 0 Å². The molecule has 1 aromatic carbocycles. The van der Waals surface area contributed by atoms with Gasteiger partial charge in [0.05, 0.1) is 0 Å². The van der Waals surface area contributed by atoms with Crippen LogP contribution in [0, 0.1) is 0 Å². The van der Waals surface area contributed by atoms with Crippen LogP contribution in [0.3, 0.4) is 0 Å². The Morgan fingerprint density at radius 3 is 1.94 bits per heavy atom. The molecule has 2 aliphatic rings. The maximum atomic E-state index is 11.3. The molecule has 0 unspecified atom stereocenters. The van der Waals surface area contributed by atoms with Crippen LogP contribution in [0.4, 0.5) is 0 Å². The average Bonchev–Trinajstić information content (AvgIpc) is 2.96. The van der Waals surface area contributed by atoms with Gasteiger partial charge in [-0.05, 0) is 0 Å². The van der Waals surface area contributed by atoms with Gasteiger partial charge in [-0.3, -0.25) is 0 Å². The number of benzene rings is 1. The molecule has 2 saturated heterocycles. The Morgan fingerprint density at radius 2 is 1.42 bits per heavy atom. The van der Waals surface area contributed by atoms with Crippen molar-refractivity contribution >= 4 is 36.5 Å². The summed E-state index contributed by atoms with van der Waals surface area (Å²) in [5, 5.41) is 11.1. The van der Waals surface area contributed by atoms with Crippen molar-refractivity contribution in [1.82, 2.24) is 0 Å². The second-order valence-corrected chi connectivity index (χ2v) is 21.3. The van der Waals surface area contributed by atoms with Gasteiger partial charge in [0.2, 0.25) is 0 Å². The first kappa shape index (κ1) is 25.6. The number of ether oxygens (including phenoxy) is 1. The van der Waals surface area contributed by atoms with Gasteiger partial charge in [0.15, 0.2) is 0 Å². The third kappa shape index (κ3) is 4.93. The number of hydrogen-bond donors (Lipinski definition) is 1. The summed E-state index contributed by atoms with van der Waals surface area (Å²) in [7, 11) is -5.31. The van der Waals surface area contributed by atoms with Crippen molar-refractivity contribution in [3.8, 4) is 0 Å². The van der Waals surface area contributed by atoms with Crippen LogP contribution in [0.15, 0.2) is 30.3 Å². The molecule has 0 spiro atoms. The van der Waals surface area contributed by atoms with Crippen molar-refractivity contribution in [3.63, 3.8) is 0 Å². The molecule has 0 radical (unpaired) electrons. The van der Waals surface area contributed by atoms with Crippen LogP contribution < -0.4 is 4.46 Å². The molecule has 1 aromatic rings. The first-order valence-electron chi connectivity index (χ1n) is 11.6. The quantitative estimate of drug-likeness (QED) is 0.562. The zero-order valence-electron chi connectivity index (χ0n) is 20.2. The van der Waals surface area contributed by atoms with Gasteiger partial charge in [-0.15, -0.1) is 0 Å². The number of aliphatic hydroxyl groups excluding tert-OH is 1. The Kier molecular flexibility index (Phi) is 8.32. The summed E-state index contributed by atoms with van der Waals surface area (Å²) in [5.74, 6) is 0. The van der Waals surface area contributed by atoms with Crippen molar-refractivity contribution in [2.24, 2.45) is 0 Å². The molecule has 0 saturated carbocycles. The van der Waals surface area contributed by atoms with Crippen LogP contribution in [0.25, 0.3) is 0 Å². The molecule has 2 fully saturated rings. The van der Waals surface area contributed by atoms with E-state index in [1.807, 2.05) is 18.2 Å². The van der Waals surface area contributed by atoms with Crippen molar-refractivity contribution in [2.75, 3.05) is 6.61 Å². The number of aliphatic hydroxyl groups is 1. The van der Waals surface area contributed by atoms with Gasteiger partial charge in [0.25, 0.3) is 0 Å². The van der Waals surface area contributed by atoms with E-state index in [0.29, 0.717) is 17.7 Å². The minimum atomic E-state index is -2.73. The second kappa shape index (κ2) is 10.1. The summed E-state index contributed by atoms with van der Waals surface area (Å²) >= 11 is -0.00353. The summed E-state index contributed by atoms with van der Waals surface area (Å²) in [6.45, 7) is 18.1. The predicted molar refractivity (Wildman–Crippen MR) is 130 cm³/mol. The van der Waals surface area contributed by atoms with E-state index in [2.05, 4.69) is 67.5 Å². The normalized spacial score (nSPS) is 30.6. The molecule has 176 valence electrons. The van der Waals surface area contributed by atoms with E-state index in [9.17, 15) is 5.11 Å². The first-order chi connectivity index (χ1) is 14.5. The van der Waals surface area contributed by atoms with Crippen LogP contribution in [0.2, 0.25) is 22.2 Å². The first-order valence-corrected chi connectivity index (χ1v) is 17.4. The Hall–Kier alpha value is -0.0268. The molecule has 1 N–H and O–H groups in total. The number of rotatable bonds is 6. The van der Waals surface area contributed by atoms with Crippen LogP contribution in [-0.2, 0) is 17.7 Å². The van der Waals surface area contributed by atoms with Crippen molar-refractivity contribution < 1.29 is 22.8 Å². The monoisotopic (exact) mass is 532 g/mol. The second-order valence-electron chi connectivity index (χ2n) is 10.0. The summed E-state index contributed by atoms with van der Waals surface area (Å²) in [5.41, 5.74) is 1.08. The maximum absolute atomic E-state index is 11.3. The van der Waals surface area contributed by atoms with E-state index >= 15 is 0 Å². The van der Waals surface area contributed by atoms with E-state index in [-0.39, 0.29) is 37.1 Å².